The van der Waals surface area contributed by atoms with E-state index < -0.39 is 5.91 Å². The topological polar surface area (TPSA) is 92.9 Å². The molecule has 0 aliphatic rings. The highest BCUT2D eigenvalue weighted by Crippen LogP contribution is 2.08. The second-order valence-electron chi connectivity index (χ2n) is 3.57. The molecule has 0 unspecified atom stereocenters. The monoisotopic (exact) mass is 247 g/mol. The van der Waals surface area contributed by atoms with Crippen molar-refractivity contribution in [1.82, 2.24) is 15.0 Å². The van der Waals surface area contributed by atoms with Crippen molar-refractivity contribution in [3.05, 3.63) is 30.0 Å². The van der Waals surface area contributed by atoms with Gasteiger partial charge in [-0.05, 0) is 13.8 Å². The molecule has 0 spiro atoms. The van der Waals surface area contributed by atoms with E-state index in [1.54, 1.807) is 6.92 Å². The normalized spacial score (nSPS) is 10.1. The minimum atomic E-state index is -0.410. The quantitative estimate of drug-likeness (QED) is 0.849. The first-order chi connectivity index (χ1) is 8.69. The van der Waals surface area contributed by atoms with E-state index in [9.17, 15) is 4.79 Å². The fraction of sp³-hybridized carbons (Fsp3) is 0.273. The molecule has 0 aliphatic carbocycles. The molecule has 18 heavy (non-hydrogen) atoms. The van der Waals surface area contributed by atoms with Gasteiger partial charge < -0.3 is 9.73 Å². The van der Waals surface area contributed by atoms with E-state index in [0.717, 1.165) is 6.54 Å². The maximum absolute atomic E-state index is 11.8. The molecule has 7 nitrogen and oxygen atoms in total. The van der Waals surface area contributed by atoms with Crippen LogP contribution in [0, 0.1) is 6.92 Å². The Morgan fingerprint density at radius 1 is 1.39 bits per heavy atom. The Bertz CT molecular complexity index is 535. The lowest BCUT2D eigenvalue weighted by molar-refractivity contribution is 0.101. The SMILES string of the molecule is CCNc1cnc(C(=O)Nc2nc(C)co2)cn1. The molecule has 0 bridgehead atoms. The first-order valence-corrected chi connectivity index (χ1v) is 5.48. The molecule has 7 heteroatoms. The highest BCUT2D eigenvalue weighted by molar-refractivity contribution is 6.01. The molecule has 0 radical (unpaired) electrons. The van der Waals surface area contributed by atoms with Crippen LogP contribution in [0.4, 0.5) is 11.8 Å². The Labute approximate surface area is 104 Å². The Morgan fingerprint density at radius 2 is 2.22 bits per heavy atom. The van der Waals surface area contributed by atoms with Crippen molar-refractivity contribution in [1.29, 1.82) is 0 Å². The Kier molecular flexibility index (Phi) is 3.52. The van der Waals surface area contributed by atoms with Crippen LogP contribution in [-0.2, 0) is 0 Å². The van der Waals surface area contributed by atoms with E-state index in [1.807, 2.05) is 6.92 Å². The average Bonchev–Trinajstić information content (AvgIpc) is 2.76. The van der Waals surface area contributed by atoms with Gasteiger partial charge in [-0.15, -0.1) is 0 Å². The fourth-order valence-electron chi connectivity index (χ4n) is 1.29. The van der Waals surface area contributed by atoms with Crippen molar-refractivity contribution in [2.45, 2.75) is 13.8 Å². The Balaban J connectivity index is 2.04. The highest BCUT2D eigenvalue weighted by Gasteiger charge is 2.11. The second-order valence-corrected chi connectivity index (χ2v) is 3.57. The third-order valence-corrected chi connectivity index (χ3v) is 2.08. The van der Waals surface area contributed by atoms with Gasteiger partial charge in [0.2, 0.25) is 0 Å². The lowest BCUT2D eigenvalue weighted by Gasteiger charge is -2.02. The Hall–Kier alpha value is -2.44. The molecule has 0 fully saturated rings. The lowest BCUT2D eigenvalue weighted by atomic mass is 10.4. The summed E-state index contributed by atoms with van der Waals surface area (Å²) in [6.07, 6.45) is 4.35. The first kappa shape index (κ1) is 12.0. The summed E-state index contributed by atoms with van der Waals surface area (Å²) in [5, 5.41) is 5.48. The zero-order chi connectivity index (χ0) is 13.0. The molecule has 2 aromatic rings. The summed E-state index contributed by atoms with van der Waals surface area (Å²) in [5.41, 5.74) is 0.895. The van der Waals surface area contributed by atoms with Crippen LogP contribution in [-0.4, -0.2) is 27.4 Å². The fourth-order valence-corrected chi connectivity index (χ4v) is 1.29. The smallest absolute Gasteiger partial charge is 0.301 e. The zero-order valence-electron chi connectivity index (χ0n) is 10.1. The molecule has 2 N–H and O–H groups in total. The number of carbonyl (C=O) groups excluding carboxylic acids is 1. The molecule has 2 aromatic heterocycles. The molecule has 94 valence electrons. The summed E-state index contributed by atoms with van der Waals surface area (Å²) in [6, 6.07) is 0.148. The average molecular weight is 247 g/mol. The summed E-state index contributed by atoms with van der Waals surface area (Å²) in [6.45, 7) is 4.47. The van der Waals surface area contributed by atoms with Crippen molar-refractivity contribution < 1.29 is 9.21 Å². The molecule has 1 amide bonds. The molecule has 0 atom stereocenters. The number of oxazole rings is 1. The van der Waals surface area contributed by atoms with Gasteiger partial charge in [0.15, 0.2) is 0 Å². The number of hydrogen-bond donors (Lipinski definition) is 2. The largest absolute Gasteiger partial charge is 0.432 e. The van der Waals surface area contributed by atoms with Crippen LogP contribution in [0.2, 0.25) is 0 Å². The third kappa shape index (κ3) is 2.82. The number of nitrogens with one attached hydrogen (secondary N) is 2. The predicted molar refractivity (Wildman–Crippen MR) is 65.4 cm³/mol. The van der Waals surface area contributed by atoms with Crippen LogP contribution in [0.3, 0.4) is 0 Å². The van der Waals surface area contributed by atoms with Crippen molar-refractivity contribution >= 4 is 17.7 Å². The molecule has 0 saturated carbocycles. The minimum absolute atomic E-state index is 0.148. The van der Waals surface area contributed by atoms with E-state index >= 15 is 0 Å². The molecule has 2 heterocycles. The van der Waals surface area contributed by atoms with E-state index in [-0.39, 0.29) is 11.7 Å². The van der Waals surface area contributed by atoms with Gasteiger partial charge in [0.1, 0.15) is 17.8 Å². The van der Waals surface area contributed by atoms with Crippen molar-refractivity contribution in [3.63, 3.8) is 0 Å². The van der Waals surface area contributed by atoms with Crippen LogP contribution >= 0.6 is 0 Å². The van der Waals surface area contributed by atoms with Crippen molar-refractivity contribution in [3.8, 4) is 0 Å². The molecule has 2 rings (SSSR count). The van der Waals surface area contributed by atoms with Gasteiger partial charge in [0, 0.05) is 6.54 Å². The van der Waals surface area contributed by atoms with Gasteiger partial charge in [-0.1, -0.05) is 0 Å². The summed E-state index contributed by atoms with van der Waals surface area (Å²) in [7, 11) is 0. The van der Waals surface area contributed by atoms with Crippen LogP contribution in [0.25, 0.3) is 0 Å². The zero-order valence-corrected chi connectivity index (χ0v) is 10.1. The van der Waals surface area contributed by atoms with E-state index in [1.165, 1.54) is 18.7 Å². The van der Waals surface area contributed by atoms with Gasteiger partial charge in [0.25, 0.3) is 5.91 Å². The maximum Gasteiger partial charge on any atom is 0.301 e. The van der Waals surface area contributed by atoms with Gasteiger partial charge in [-0.2, -0.15) is 4.98 Å². The van der Waals surface area contributed by atoms with E-state index in [4.69, 9.17) is 4.42 Å². The van der Waals surface area contributed by atoms with Crippen molar-refractivity contribution in [2.75, 3.05) is 17.2 Å². The molecular weight excluding hydrogens is 234 g/mol. The lowest BCUT2D eigenvalue weighted by Crippen LogP contribution is -2.14. The van der Waals surface area contributed by atoms with Crippen LogP contribution in [0.5, 0.6) is 0 Å². The number of aryl methyl sites for hydroxylation is 1. The number of aromatic nitrogens is 3. The summed E-state index contributed by atoms with van der Waals surface area (Å²) in [5.74, 6) is 0.216. The molecule has 0 aromatic carbocycles. The van der Waals surface area contributed by atoms with Gasteiger partial charge in [-0.3, -0.25) is 10.1 Å². The van der Waals surface area contributed by atoms with Gasteiger partial charge in [0.05, 0.1) is 18.1 Å². The molecule has 0 aliphatic heterocycles. The molecular formula is C11H13N5O2. The van der Waals surface area contributed by atoms with Crippen LogP contribution < -0.4 is 10.6 Å². The number of rotatable bonds is 4. The second kappa shape index (κ2) is 5.26. The third-order valence-electron chi connectivity index (χ3n) is 2.08. The summed E-state index contributed by atoms with van der Waals surface area (Å²) < 4.78 is 5.02. The standard InChI is InChI=1S/C11H13N5O2/c1-3-12-9-5-13-8(4-14-9)10(17)16-11-15-7(2)6-18-11/h4-6H,3H2,1-2H3,(H,12,14)(H,15,16,17). The number of anilines is 2. The maximum atomic E-state index is 11.8. The van der Waals surface area contributed by atoms with Crippen LogP contribution in [0.15, 0.2) is 23.1 Å². The summed E-state index contributed by atoms with van der Waals surface area (Å²) in [4.78, 5) is 23.8. The van der Waals surface area contributed by atoms with Crippen molar-refractivity contribution in [2.24, 2.45) is 0 Å². The highest BCUT2D eigenvalue weighted by atomic mass is 16.4. The molecule has 0 saturated heterocycles. The Morgan fingerprint density at radius 3 is 2.78 bits per heavy atom. The first-order valence-electron chi connectivity index (χ1n) is 5.48. The van der Waals surface area contributed by atoms with Gasteiger partial charge >= 0.3 is 6.01 Å². The van der Waals surface area contributed by atoms with Gasteiger partial charge in [-0.25, -0.2) is 9.97 Å². The minimum Gasteiger partial charge on any atom is -0.432 e. The number of carbonyl (C=O) groups is 1. The van der Waals surface area contributed by atoms with E-state index in [0.29, 0.717) is 11.5 Å². The number of nitrogens with zero attached hydrogens (tertiary/aromatic N) is 3. The van der Waals surface area contributed by atoms with Crippen LogP contribution in [0.1, 0.15) is 23.1 Å². The summed E-state index contributed by atoms with van der Waals surface area (Å²) >= 11 is 0. The number of amides is 1. The number of hydrogen-bond acceptors (Lipinski definition) is 6. The predicted octanol–water partition coefficient (Wildman–Crippen LogP) is 1.46. The van der Waals surface area contributed by atoms with E-state index in [2.05, 4.69) is 25.6 Å².